The van der Waals surface area contributed by atoms with E-state index in [0.29, 0.717) is 29.7 Å². The summed E-state index contributed by atoms with van der Waals surface area (Å²) in [6.07, 6.45) is 1.97. The van der Waals surface area contributed by atoms with E-state index in [1.807, 2.05) is 24.3 Å². The molecule has 0 radical (unpaired) electrons. The van der Waals surface area contributed by atoms with E-state index in [4.69, 9.17) is 9.63 Å². The normalized spacial score (nSPS) is 11.0. The first kappa shape index (κ1) is 20.2. The van der Waals surface area contributed by atoms with Crippen LogP contribution in [0.25, 0.3) is 11.4 Å². The Bertz CT molecular complexity index is 977. The first-order valence-corrected chi connectivity index (χ1v) is 9.21. The third kappa shape index (κ3) is 5.71. The molecule has 0 saturated heterocycles. The van der Waals surface area contributed by atoms with Gasteiger partial charge in [-0.25, -0.2) is 4.68 Å². The van der Waals surface area contributed by atoms with Crippen LogP contribution in [0.15, 0.2) is 35.0 Å². The first-order valence-electron chi connectivity index (χ1n) is 9.21. The minimum Gasteiger partial charge on any atom is -0.480 e. The van der Waals surface area contributed by atoms with Crippen molar-refractivity contribution in [2.45, 2.75) is 45.7 Å². The molecule has 0 fully saturated rings. The van der Waals surface area contributed by atoms with E-state index >= 15 is 0 Å². The van der Waals surface area contributed by atoms with Crippen molar-refractivity contribution in [3.63, 3.8) is 0 Å². The highest BCUT2D eigenvalue weighted by Crippen LogP contribution is 2.20. The molecule has 2 heterocycles. The minimum absolute atomic E-state index is 0.162. The topological polar surface area (TPSA) is 136 Å². The number of aryl methyl sites for hydroxylation is 1. The maximum Gasteiger partial charge on any atom is 0.325 e. The molecule has 0 atom stereocenters. The van der Waals surface area contributed by atoms with Crippen LogP contribution in [0.2, 0.25) is 0 Å². The third-order valence-electron chi connectivity index (χ3n) is 4.22. The van der Waals surface area contributed by atoms with Crippen LogP contribution in [-0.4, -0.2) is 42.1 Å². The average molecular weight is 398 g/mol. The highest BCUT2D eigenvalue weighted by molar-refractivity contribution is 5.76. The molecule has 10 nitrogen and oxygen atoms in total. The van der Waals surface area contributed by atoms with Crippen molar-refractivity contribution >= 4 is 11.9 Å². The van der Waals surface area contributed by atoms with Crippen LogP contribution in [-0.2, 0) is 29.1 Å². The molecule has 2 aromatic heterocycles. The summed E-state index contributed by atoms with van der Waals surface area (Å²) >= 11 is 0. The number of aromatic nitrogens is 5. The van der Waals surface area contributed by atoms with Crippen LogP contribution >= 0.6 is 0 Å². The summed E-state index contributed by atoms with van der Waals surface area (Å²) in [7, 11) is 0. The molecule has 0 unspecified atom stereocenters. The Hall–Kier alpha value is -3.56. The van der Waals surface area contributed by atoms with Gasteiger partial charge in [-0.2, -0.15) is 4.98 Å². The van der Waals surface area contributed by atoms with Gasteiger partial charge in [0.15, 0.2) is 0 Å². The van der Waals surface area contributed by atoms with Gasteiger partial charge in [0.25, 0.3) is 0 Å². The lowest BCUT2D eigenvalue weighted by atomic mass is 10.0. The van der Waals surface area contributed by atoms with Crippen LogP contribution in [0.5, 0.6) is 0 Å². The van der Waals surface area contributed by atoms with E-state index in [1.54, 1.807) is 0 Å². The lowest BCUT2D eigenvalue weighted by Gasteiger charge is -2.04. The van der Waals surface area contributed by atoms with Gasteiger partial charge in [0.2, 0.25) is 17.6 Å². The average Bonchev–Trinajstić information content (AvgIpc) is 3.34. The molecular formula is C19H22N6O4. The van der Waals surface area contributed by atoms with Gasteiger partial charge in [-0.05, 0) is 11.5 Å². The van der Waals surface area contributed by atoms with Gasteiger partial charge in [0, 0.05) is 18.4 Å². The zero-order chi connectivity index (χ0) is 20.8. The molecule has 0 bridgehead atoms. The van der Waals surface area contributed by atoms with Gasteiger partial charge in [0.05, 0.1) is 12.7 Å². The molecule has 1 aromatic carbocycles. The zero-order valence-corrected chi connectivity index (χ0v) is 16.2. The van der Waals surface area contributed by atoms with Crippen molar-refractivity contribution in [3.05, 3.63) is 47.6 Å². The van der Waals surface area contributed by atoms with Crippen LogP contribution in [0.4, 0.5) is 0 Å². The molecule has 3 rings (SSSR count). The van der Waals surface area contributed by atoms with Crippen LogP contribution in [0.3, 0.4) is 0 Å². The monoisotopic (exact) mass is 398 g/mol. The molecular weight excluding hydrogens is 376 g/mol. The maximum atomic E-state index is 12.0. The van der Waals surface area contributed by atoms with E-state index in [-0.39, 0.29) is 25.4 Å². The van der Waals surface area contributed by atoms with Gasteiger partial charge >= 0.3 is 5.97 Å². The Morgan fingerprint density at radius 3 is 2.69 bits per heavy atom. The number of carboxylic acid groups (broad SMARTS) is 1. The summed E-state index contributed by atoms with van der Waals surface area (Å²) in [5.74, 6) is 0.102. The van der Waals surface area contributed by atoms with Crippen LogP contribution < -0.4 is 5.32 Å². The summed E-state index contributed by atoms with van der Waals surface area (Å²) in [6.45, 7) is 4.14. The molecule has 2 N–H and O–H groups in total. The molecule has 1 amide bonds. The summed E-state index contributed by atoms with van der Waals surface area (Å²) in [5.41, 5.74) is 2.57. The number of carboxylic acids is 1. The maximum absolute atomic E-state index is 12.0. The SMILES string of the molecule is CC(C)c1ccc(-c2noc(CCC(=O)NCc3cn(CC(=O)O)nn3)n2)cc1. The van der Waals surface area contributed by atoms with Crippen LogP contribution in [0, 0.1) is 0 Å². The van der Waals surface area contributed by atoms with Crippen molar-refractivity contribution in [1.29, 1.82) is 0 Å². The fraction of sp³-hybridized carbons (Fsp3) is 0.368. The Labute approximate surface area is 166 Å². The van der Waals surface area contributed by atoms with E-state index in [1.165, 1.54) is 16.4 Å². The fourth-order valence-electron chi connectivity index (χ4n) is 2.62. The van der Waals surface area contributed by atoms with Crippen molar-refractivity contribution in [2.75, 3.05) is 0 Å². The van der Waals surface area contributed by atoms with Gasteiger partial charge in [-0.1, -0.05) is 48.5 Å². The van der Waals surface area contributed by atoms with Crippen LogP contribution in [0.1, 0.15) is 43.3 Å². The van der Waals surface area contributed by atoms with Crippen molar-refractivity contribution < 1.29 is 19.2 Å². The third-order valence-corrected chi connectivity index (χ3v) is 4.22. The lowest BCUT2D eigenvalue weighted by Crippen LogP contribution is -2.23. The highest BCUT2D eigenvalue weighted by Gasteiger charge is 2.12. The summed E-state index contributed by atoms with van der Waals surface area (Å²) < 4.78 is 6.42. The Balaban J connectivity index is 1.47. The second-order valence-corrected chi connectivity index (χ2v) is 6.87. The van der Waals surface area contributed by atoms with E-state index in [9.17, 15) is 9.59 Å². The van der Waals surface area contributed by atoms with E-state index in [0.717, 1.165) is 5.56 Å². The van der Waals surface area contributed by atoms with Crippen molar-refractivity contribution in [3.8, 4) is 11.4 Å². The minimum atomic E-state index is -1.01. The number of nitrogens with zero attached hydrogens (tertiary/aromatic N) is 5. The predicted octanol–water partition coefficient (Wildman–Crippen LogP) is 1.79. The standard InChI is InChI=1S/C19H22N6O4/c1-12(2)13-3-5-14(6-4-13)19-21-17(29-23-19)8-7-16(26)20-9-15-10-25(24-22-15)11-18(27)28/h3-6,10,12H,7-9,11H2,1-2H3,(H,20,26)(H,27,28). The molecule has 29 heavy (non-hydrogen) atoms. The second kappa shape index (κ2) is 9.09. The van der Waals surface area contributed by atoms with Gasteiger partial charge < -0.3 is 14.9 Å². The molecule has 0 aliphatic rings. The lowest BCUT2D eigenvalue weighted by molar-refractivity contribution is -0.138. The molecule has 0 spiro atoms. The van der Waals surface area contributed by atoms with Gasteiger partial charge in [0.1, 0.15) is 12.2 Å². The van der Waals surface area contributed by atoms with Crippen molar-refractivity contribution in [2.24, 2.45) is 0 Å². The number of amides is 1. The number of hydrogen-bond donors (Lipinski definition) is 2. The molecule has 10 heteroatoms. The number of nitrogens with one attached hydrogen (secondary N) is 1. The van der Waals surface area contributed by atoms with Gasteiger partial charge in [-0.15, -0.1) is 5.10 Å². The summed E-state index contributed by atoms with van der Waals surface area (Å²) in [5, 5.41) is 22.9. The molecule has 0 aliphatic heterocycles. The molecule has 0 saturated carbocycles. The Morgan fingerprint density at radius 2 is 2.00 bits per heavy atom. The largest absolute Gasteiger partial charge is 0.480 e. The first-order chi connectivity index (χ1) is 13.9. The fourth-order valence-corrected chi connectivity index (χ4v) is 2.62. The number of hydrogen-bond acceptors (Lipinski definition) is 7. The number of benzene rings is 1. The second-order valence-electron chi connectivity index (χ2n) is 6.87. The number of carbonyl (C=O) groups is 2. The Morgan fingerprint density at radius 1 is 1.24 bits per heavy atom. The number of aliphatic carboxylic acids is 1. The smallest absolute Gasteiger partial charge is 0.325 e. The van der Waals surface area contributed by atoms with Crippen molar-refractivity contribution in [1.82, 2.24) is 30.5 Å². The zero-order valence-electron chi connectivity index (χ0n) is 16.2. The summed E-state index contributed by atoms with van der Waals surface area (Å²) in [6, 6.07) is 7.98. The molecule has 3 aromatic rings. The van der Waals surface area contributed by atoms with Gasteiger partial charge in [-0.3, -0.25) is 9.59 Å². The summed E-state index contributed by atoms with van der Waals surface area (Å²) in [4.78, 5) is 27.0. The Kier molecular flexibility index (Phi) is 6.32. The molecule has 0 aliphatic carbocycles. The van der Waals surface area contributed by atoms with E-state index in [2.05, 4.69) is 39.6 Å². The quantitative estimate of drug-likeness (QED) is 0.557. The predicted molar refractivity (Wildman–Crippen MR) is 102 cm³/mol. The number of rotatable bonds is 9. The van der Waals surface area contributed by atoms with E-state index < -0.39 is 5.97 Å². The molecule has 152 valence electrons. The highest BCUT2D eigenvalue weighted by atomic mass is 16.5. The number of carbonyl (C=O) groups excluding carboxylic acids is 1.